The number of nitrogens with one attached hydrogen (secondary N) is 1. The smallest absolute Gasteiger partial charge is 0.241 e. The fourth-order valence-electron chi connectivity index (χ4n) is 1.14. The number of hydrogen-bond acceptors (Lipinski definition) is 3. The molecule has 0 aromatic heterocycles. The molecule has 0 radical (unpaired) electrons. The van der Waals surface area contributed by atoms with Crippen LogP contribution >= 0.6 is 15.9 Å². The molecule has 16 heavy (non-hydrogen) atoms. The van der Waals surface area contributed by atoms with E-state index in [1.807, 2.05) is 13.8 Å². The molecule has 0 aliphatic carbocycles. The van der Waals surface area contributed by atoms with Crippen LogP contribution in [-0.4, -0.2) is 17.1 Å². The number of hydrogen-bond donors (Lipinski definition) is 3. The first-order valence-electron chi connectivity index (χ1n) is 4.97. The van der Waals surface area contributed by atoms with Gasteiger partial charge in [0.05, 0.1) is 16.2 Å². The molecule has 1 rings (SSSR count). The van der Waals surface area contributed by atoms with Crippen molar-refractivity contribution in [2.75, 3.05) is 5.32 Å². The van der Waals surface area contributed by atoms with Crippen LogP contribution in [0.2, 0.25) is 0 Å². The number of nitrogens with two attached hydrogens (primary N) is 1. The van der Waals surface area contributed by atoms with E-state index in [4.69, 9.17) is 5.73 Å². The lowest BCUT2D eigenvalue weighted by molar-refractivity contribution is -0.118. The highest BCUT2D eigenvalue weighted by Crippen LogP contribution is 2.31. The Hall–Kier alpha value is -1.07. The summed E-state index contributed by atoms with van der Waals surface area (Å²) < 4.78 is 0.531. The predicted molar refractivity (Wildman–Crippen MR) is 67.2 cm³/mol. The van der Waals surface area contributed by atoms with Crippen molar-refractivity contribution in [2.45, 2.75) is 19.9 Å². The molecule has 0 bridgehead atoms. The molecule has 88 valence electrons. The fourth-order valence-corrected chi connectivity index (χ4v) is 1.50. The van der Waals surface area contributed by atoms with E-state index in [-0.39, 0.29) is 17.6 Å². The monoisotopic (exact) mass is 286 g/mol. The summed E-state index contributed by atoms with van der Waals surface area (Å²) in [7, 11) is 0. The summed E-state index contributed by atoms with van der Waals surface area (Å²) in [6.45, 7) is 3.73. The topological polar surface area (TPSA) is 75.4 Å². The van der Waals surface area contributed by atoms with Gasteiger partial charge in [0.15, 0.2) is 5.75 Å². The molecule has 1 amide bonds. The number of aromatic hydroxyl groups is 1. The number of carbonyl (C=O) groups is 1. The average Bonchev–Trinajstić information content (AvgIpc) is 2.23. The van der Waals surface area contributed by atoms with Crippen LogP contribution in [0.5, 0.6) is 5.75 Å². The van der Waals surface area contributed by atoms with Gasteiger partial charge in [0.1, 0.15) is 0 Å². The van der Waals surface area contributed by atoms with Crippen LogP contribution < -0.4 is 11.1 Å². The molecule has 4 nitrogen and oxygen atoms in total. The van der Waals surface area contributed by atoms with E-state index in [2.05, 4.69) is 21.2 Å². The molecule has 0 heterocycles. The normalized spacial score (nSPS) is 12.6. The molecule has 0 saturated heterocycles. The van der Waals surface area contributed by atoms with E-state index in [1.165, 1.54) is 0 Å². The molecule has 4 N–H and O–H groups in total. The SMILES string of the molecule is CC(C)[C@H](N)C(=O)Nc1cccc(Br)c1O. The number of para-hydroxylation sites is 1. The average molecular weight is 287 g/mol. The Balaban J connectivity index is 2.81. The third-order valence-corrected chi connectivity index (χ3v) is 2.91. The van der Waals surface area contributed by atoms with Crippen LogP contribution in [0.3, 0.4) is 0 Å². The van der Waals surface area contributed by atoms with E-state index >= 15 is 0 Å². The molecule has 1 aromatic carbocycles. The van der Waals surface area contributed by atoms with Gasteiger partial charge < -0.3 is 16.2 Å². The van der Waals surface area contributed by atoms with Crippen molar-refractivity contribution in [1.29, 1.82) is 0 Å². The van der Waals surface area contributed by atoms with Gasteiger partial charge in [-0.15, -0.1) is 0 Å². The molecule has 0 unspecified atom stereocenters. The summed E-state index contributed by atoms with van der Waals surface area (Å²) in [5.41, 5.74) is 6.05. The van der Waals surface area contributed by atoms with Crippen molar-refractivity contribution in [1.82, 2.24) is 0 Å². The molecular formula is C11H15BrN2O2. The summed E-state index contributed by atoms with van der Waals surface area (Å²) in [6.07, 6.45) is 0. The van der Waals surface area contributed by atoms with Gasteiger partial charge in [-0.05, 0) is 34.0 Å². The van der Waals surface area contributed by atoms with Gasteiger partial charge in [-0.25, -0.2) is 0 Å². The number of benzene rings is 1. The number of anilines is 1. The molecule has 0 saturated carbocycles. The largest absolute Gasteiger partial charge is 0.505 e. The minimum atomic E-state index is -0.585. The molecule has 0 aliphatic heterocycles. The van der Waals surface area contributed by atoms with Gasteiger partial charge in [-0.1, -0.05) is 19.9 Å². The minimum absolute atomic E-state index is 0.00630. The van der Waals surface area contributed by atoms with Crippen LogP contribution in [0.1, 0.15) is 13.8 Å². The second-order valence-corrected chi connectivity index (χ2v) is 4.75. The predicted octanol–water partition coefficient (Wildman–Crippen LogP) is 2.08. The first kappa shape index (κ1) is 13.0. The minimum Gasteiger partial charge on any atom is -0.505 e. The van der Waals surface area contributed by atoms with E-state index in [0.717, 1.165) is 0 Å². The van der Waals surface area contributed by atoms with Crippen LogP contribution in [0.15, 0.2) is 22.7 Å². The third kappa shape index (κ3) is 2.96. The Kier molecular flexibility index (Phi) is 4.32. The molecule has 0 spiro atoms. The van der Waals surface area contributed by atoms with E-state index in [1.54, 1.807) is 18.2 Å². The third-order valence-electron chi connectivity index (χ3n) is 2.27. The van der Waals surface area contributed by atoms with Crippen molar-refractivity contribution in [3.05, 3.63) is 22.7 Å². The number of phenolic OH excluding ortho intramolecular Hbond substituents is 1. The Bertz CT molecular complexity index is 394. The Morgan fingerprint density at radius 2 is 2.12 bits per heavy atom. The summed E-state index contributed by atoms with van der Waals surface area (Å²) >= 11 is 3.17. The lowest BCUT2D eigenvalue weighted by Gasteiger charge is -2.16. The number of amides is 1. The number of carbonyl (C=O) groups excluding carboxylic acids is 1. The quantitative estimate of drug-likeness (QED) is 0.745. The van der Waals surface area contributed by atoms with E-state index < -0.39 is 6.04 Å². The first-order chi connectivity index (χ1) is 7.43. The number of halogens is 1. The fraction of sp³-hybridized carbons (Fsp3) is 0.364. The maximum Gasteiger partial charge on any atom is 0.241 e. The van der Waals surface area contributed by atoms with Gasteiger partial charge in [-0.3, -0.25) is 4.79 Å². The second-order valence-electron chi connectivity index (χ2n) is 3.90. The molecular weight excluding hydrogens is 272 g/mol. The van der Waals surface area contributed by atoms with Crippen molar-refractivity contribution < 1.29 is 9.90 Å². The van der Waals surface area contributed by atoms with E-state index in [9.17, 15) is 9.90 Å². The summed E-state index contributed by atoms with van der Waals surface area (Å²) in [4.78, 5) is 11.7. The van der Waals surface area contributed by atoms with E-state index in [0.29, 0.717) is 10.2 Å². The van der Waals surface area contributed by atoms with Gasteiger partial charge >= 0.3 is 0 Å². The highest BCUT2D eigenvalue weighted by Gasteiger charge is 2.18. The number of phenols is 1. The zero-order chi connectivity index (χ0) is 12.3. The zero-order valence-electron chi connectivity index (χ0n) is 9.20. The lowest BCUT2D eigenvalue weighted by Crippen LogP contribution is -2.39. The van der Waals surface area contributed by atoms with Crippen molar-refractivity contribution in [3.63, 3.8) is 0 Å². The van der Waals surface area contributed by atoms with Crippen LogP contribution in [0.25, 0.3) is 0 Å². The summed E-state index contributed by atoms with van der Waals surface area (Å²) in [5, 5.41) is 12.3. The van der Waals surface area contributed by atoms with Crippen LogP contribution in [0.4, 0.5) is 5.69 Å². The van der Waals surface area contributed by atoms with Crippen molar-refractivity contribution >= 4 is 27.5 Å². The van der Waals surface area contributed by atoms with Gasteiger partial charge in [0.2, 0.25) is 5.91 Å². The highest BCUT2D eigenvalue weighted by atomic mass is 79.9. The highest BCUT2D eigenvalue weighted by molar-refractivity contribution is 9.10. The maximum atomic E-state index is 11.7. The molecule has 5 heteroatoms. The van der Waals surface area contributed by atoms with Gasteiger partial charge in [0, 0.05) is 0 Å². The molecule has 1 atom stereocenters. The van der Waals surface area contributed by atoms with Crippen LogP contribution in [-0.2, 0) is 4.79 Å². The molecule has 0 aliphatic rings. The molecule has 1 aromatic rings. The Morgan fingerprint density at radius 1 is 1.50 bits per heavy atom. The van der Waals surface area contributed by atoms with Crippen LogP contribution in [0, 0.1) is 5.92 Å². The van der Waals surface area contributed by atoms with Gasteiger partial charge in [-0.2, -0.15) is 0 Å². The van der Waals surface area contributed by atoms with Gasteiger partial charge in [0.25, 0.3) is 0 Å². The Morgan fingerprint density at radius 3 is 2.69 bits per heavy atom. The molecule has 0 fully saturated rings. The first-order valence-corrected chi connectivity index (χ1v) is 5.76. The zero-order valence-corrected chi connectivity index (χ0v) is 10.8. The second kappa shape index (κ2) is 5.32. The summed E-state index contributed by atoms with van der Waals surface area (Å²) in [5.74, 6) is -0.246. The van der Waals surface area contributed by atoms with Crippen molar-refractivity contribution in [2.24, 2.45) is 11.7 Å². The maximum absolute atomic E-state index is 11.7. The summed E-state index contributed by atoms with van der Waals surface area (Å²) in [6, 6.07) is 4.44. The standard InChI is InChI=1S/C11H15BrN2O2/c1-6(2)9(13)11(16)14-8-5-3-4-7(12)10(8)15/h3-6,9,15H,13H2,1-2H3,(H,14,16)/t9-/m0/s1. The Labute approximate surface area is 103 Å². The number of rotatable bonds is 3. The van der Waals surface area contributed by atoms with Crippen molar-refractivity contribution in [3.8, 4) is 5.75 Å². The lowest BCUT2D eigenvalue weighted by atomic mass is 10.0.